The zero-order valence-electron chi connectivity index (χ0n) is 10.7. The van der Waals surface area contributed by atoms with Crippen molar-refractivity contribution in [1.29, 1.82) is 0 Å². The maximum atomic E-state index is 3.85. The zero-order chi connectivity index (χ0) is 11.3. The van der Waals surface area contributed by atoms with E-state index < -0.39 is 0 Å². The van der Waals surface area contributed by atoms with Crippen molar-refractivity contribution in [2.24, 2.45) is 16.7 Å². The molecule has 2 rings (SSSR count). The van der Waals surface area contributed by atoms with E-state index in [-0.39, 0.29) is 0 Å². The molecule has 15 heavy (non-hydrogen) atoms. The Bertz CT molecular complexity index is 269. The first kappa shape index (κ1) is 11.2. The molecule has 2 aliphatic carbocycles. The van der Waals surface area contributed by atoms with E-state index in [4.69, 9.17) is 0 Å². The highest BCUT2D eigenvalue weighted by Gasteiger charge is 2.61. The first-order valence-electron chi connectivity index (χ1n) is 6.24. The minimum Gasteiger partial charge on any atom is -0.299 e. The smallest absolute Gasteiger partial charge is 0.0160 e. The molecule has 0 heterocycles. The van der Waals surface area contributed by atoms with E-state index >= 15 is 0 Å². The van der Waals surface area contributed by atoms with Gasteiger partial charge in [0.25, 0.3) is 0 Å². The van der Waals surface area contributed by atoms with Gasteiger partial charge in [-0.2, -0.15) is 0 Å². The summed E-state index contributed by atoms with van der Waals surface area (Å²) in [7, 11) is 2.26. The summed E-state index contributed by atoms with van der Waals surface area (Å²) in [6.45, 7) is 12.3. The molecular formula is C14H25N. The molecule has 0 amide bonds. The molecule has 2 bridgehead atoms. The van der Waals surface area contributed by atoms with Gasteiger partial charge < -0.3 is 0 Å². The molecule has 0 aliphatic heterocycles. The molecule has 3 atom stereocenters. The van der Waals surface area contributed by atoms with Gasteiger partial charge in [0, 0.05) is 12.6 Å². The maximum Gasteiger partial charge on any atom is 0.0160 e. The minimum absolute atomic E-state index is 0.523. The second kappa shape index (κ2) is 3.35. The molecule has 0 aromatic carbocycles. The molecule has 2 fully saturated rings. The molecule has 2 aliphatic rings. The number of likely N-dealkylation sites (N-methyl/N-ethyl adjacent to an activating group) is 1. The van der Waals surface area contributed by atoms with E-state index in [1.54, 1.807) is 0 Å². The second-order valence-electron chi connectivity index (χ2n) is 6.35. The van der Waals surface area contributed by atoms with E-state index in [1.807, 2.05) is 6.08 Å². The van der Waals surface area contributed by atoms with Crippen LogP contribution >= 0.6 is 0 Å². The fourth-order valence-electron chi connectivity index (χ4n) is 4.16. The quantitative estimate of drug-likeness (QED) is 0.642. The fourth-order valence-corrected chi connectivity index (χ4v) is 4.16. The predicted octanol–water partition coefficient (Wildman–Crippen LogP) is 3.32. The molecular weight excluding hydrogens is 182 g/mol. The lowest BCUT2D eigenvalue weighted by atomic mass is 9.69. The van der Waals surface area contributed by atoms with Crippen molar-refractivity contribution in [2.75, 3.05) is 13.6 Å². The SMILES string of the molecule is C=CCN(C)[C@H]1C[C@H]2CC[C@]1(C)C2(C)C. The van der Waals surface area contributed by atoms with Crippen LogP contribution in [-0.2, 0) is 0 Å². The standard InChI is InChI=1S/C14H25N/c1-6-9-15(5)12-10-11-7-8-14(12,4)13(11,2)3/h6,11-12H,1,7-10H2,2-5H3/t11-,12+,14+/m1/s1. The lowest BCUT2D eigenvalue weighted by Crippen LogP contribution is -2.45. The van der Waals surface area contributed by atoms with Crippen LogP contribution in [0, 0.1) is 16.7 Å². The zero-order valence-corrected chi connectivity index (χ0v) is 10.7. The Morgan fingerprint density at radius 2 is 2.07 bits per heavy atom. The van der Waals surface area contributed by atoms with Crippen molar-refractivity contribution >= 4 is 0 Å². The Labute approximate surface area is 94.5 Å². The van der Waals surface area contributed by atoms with Crippen molar-refractivity contribution in [1.82, 2.24) is 4.90 Å². The van der Waals surface area contributed by atoms with E-state index in [0.29, 0.717) is 10.8 Å². The Balaban J connectivity index is 2.22. The molecule has 0 aromatic heterocycles. The van der Waals surface area contributed by atoms with Crippen molar-refractivity contribution in [2.45, 2.75) is 46.1 Å². The number of hydrogen-bond donors (Lipinski definition) is 0. The summed E-state index contributed by atoms with van der Waals surface area (Å²) >= 11 is 0. The molecule has 0 aromatic rings. The number of rotatable bonds is 3. The Kier molecular flexibility index (Phi) is 2.50. The normalized spacial score (nSPS) is 42.5. The third kappa shape index (κ3) is 1.32. The van der Waals surface area contributed by atoms with Gasteiger partial charge in [-0.25, -0.2) is 0 Å². The van der Waals surface area contributed by atoms with Crippen molar-refractivity contribution < 1.29 is 0 Å². The minimum atomic E-state index is 0.523. The summed E-state index contributed by atoms with van der Waals surface area (Å²) in [6.07, 6.45) is 6.29. The van der Waals surface area contributed by atoms with Crippen LogP contribution in [0.3, 0.4) is 0 Å². The molecule has 0 radical (unpaired) electrons. The van der Waals surface area contributed by atoms with E-state index in [0.717, 1.165) is 18.5 Å². The van der Waals surface area contributed by atoms with Gasteiger partial charge in [0.15, 0.2) is 0 Å². The summed E-state index contributed by atoms with van der Waals surface area (Å²) in [6, 6.07) is 0.768. The van der Waals surface area contributed by atoms with Crippen LogP contribution in [0.25, 0.3) is 0 Å². The lowest BCUT2D eigenvalue weighted by molar-refractivity contribution is 0.0642. The van der Waals surface area contributed by atoms with Crippen LogP contribution in [0.1, 0.15) is 40.0 Å². The van der Waals surface area contributed by atoms with E-state index in [1.165, 1.54) is 19.3 Å². The molecule has 0 N–H and O–H groups in total. The fraction of sp³-hybridized carbons (Fsp3) is 0.857. The third-order valence-corrected chi connectivity index (χ3v) is 5.70. The van der Waals surface area contributed by atoms with Crippen molar-refractivity contribution in [3.8, 4) is 0 Å². The first-order valence-corrected chi connectivity index (χ1v) is 6.24. The molecule has 1 nitrogen and oxygen atoms in total. The highest BCUT2D eigenvalue weighted by Crippen LogP contribution is 2.66. The average Bonchev–Trinajstić information content (AvgIpc) is 2.49. The van der Waals surface area contributed by atoms with Gasteiger partial charge in [-0.15, -0.1) is 6.58 Å². The highest BCUT2D eigenvalue weighted by atomic mass is 15.1. The Hall–Kier alpha value is -0.300. The highest BCUT2D eigenvalue weighted by molar-refractivity contribution is 5.13. The molecule has 86 valence electrons. The maximum absolute atomic E-state index is 3.85. The summed E-state index contributed by atoms with van der Waals surface area (Å²) in [5.74, 6) is 0.944. The van der Waals surface area contributed by atoms with E-state index in [9.17, 15) is 0 Å². The number of hydrogen-bond acceptors (Lipinski definition) is 1. The largest absolute Gasteiger partial charge is 0.299 e. The van der Waals surface area contributed by atoms with Crippen LogP contribution in [0.2, 0.25) is 0 Å². The van der Waals surface area contributed by atoms with Gasteiger partial charge in [0.05, 0.1) is 0 Å². The monoisotopic (exact) mass is 207 g/mol. The van der Waals surface area contributed by atoms with Gasteiger partial charge in [-0.1, -0.05) is 26.8 Å². The van der Waals surface area contributed by atoms with Crippen LogP contribution in [0.4, 0.5) is 0 Å². The molecule has 0 spiro atoms. The van der Waals surface area contributed by atoms with Gasteiger partial charge in [-0.05, 0) is 43.1 Å². The van der Waals surface area contributed by atoms with Gasteiger partial charge in [0.1, 0.15) is 0 Å². The second-order valence-corrected chi connectivity index (χ2v) is 6.35. The first-order chi connectivity index (χ1) is 6.93. The topological polar surface area (TPSA) is 3.24 Å². The van der Waals surface area contributed by atoms with E-state index in [2.05, 4.69) is 39.3 Å². The number of fused-ring (bicyclic) bond motifs is 2. The average molecular weight is 207 g/mol. The third-order valence-electron chi connectivity index (χ3n) is 5.70. The van der Waals surface area contributed by atoms with Crippen LogP contribution in [0.15, 0.2) is 12.7 Å². The van der Waals surface area contributed by atoms with Crippen molar-refractivity contribution in [3.63, 3.8) is 0 Å². The summed E-state index contributed by atoms with van der Waals surface area (Å²) < 4.78 is 0. The van der Waals surface area contributed by atoms with Crippen LogP contribution in [0.5, 0.6) is 0 Å². The predicted molar refractivity (Wildman–Crippen MR) is 65.8 cm³/mol. The van der Waals surface area contributed by atoms with Crippen LogP contribution < -0.4 is 0 Å². The summed E-state index contributed by atoms with van der Waals surface area (Å²) in [4.78, 5) is 2.51. The molecule has 2 saturated carbocycles. The van der Waals surface area contributed by atoms with Gasteiger partial charge in [0.2, 0.25) is 0 Å². The summed E-state index contributed by atoms with van der Waals surface area (Å²) in [5.41, 5.74) is 1.06. The molecule has 1 heteroatoms. The Morgan fingerprint density at radius 1 is 1.40 bits per heavy atom. The van der Waals surface area contributed by atoms with Crippen molar-refractivity contribution in [3.05, 3.63) is 12.7 Å². The van der Waals surface area contributed by atoms with Gasteiger partial charge >= 0.3 is 0 Å². The molecule has 0 unspecified atom stereocenters. The van der Waals surface area contributed by atoms with Crippen LogP contribution in [-0.4, -0.2) is 24.5 Å². The molecule has 0 saturated heterocycles. The summed E-state index contributed by atoms with van der Waals surface area (Å²) in [5, 5.41) is 0. The Morgan fingerprint density at radius 3 is 2.47 bits per heavy atom. The lowest BCUT2D eigenvalue weighted by Gasteiger charge is -2.43. The van der Waals surface area contributed by atoms with Gasteiger partial charge in [-0.3, -0.25) is 4.90 Å². The number of nitrogens with zero attached hydrogens (tertiary/aromatic N) is 1.